The zero-order chi connectivity index (χ0) is 16.6. The Morgan fingerprint density at radius 3 is 2.57 bits per heavy atom. The van der Waals surface area contributed by atoms with E-state index >= 15 is 0 Å². The summed E-state index contributed by atoms with van der Waals surface area (Å²) in [6, 6.07) is 6.83. The van der Waals surface area contributed by atoms with Crippen LogP contribution in [0.3, 0.4) is 0 Å². The third-order valence-electron chi connectivity index (χ3n) is 3.66. The molecule has 0 aromatic heterocycles. The number of hydrogen-bond acceptors (Lipinski definition) is 7. The summed E-state index contributed by atoms with van der Waals surface area (Å²) in [4.78, 5) is 16.6. The summed E-state index contributed by atoms with van der Waals surface area (Å²) in [5.74, 6) is -0.282. The number of amides is 1. The first-order valence-corrected chi connectivity index (χ1v) is 9.14. The molecule has 2 aliphatic heterocycles. The lowest BCUT2D eigenvalue weighted by atomic mass is 10.0. The number of aliphatic hydroxyl groups excluding tert-OH is 3. The molecular weight excluding hydrogens is 360 g/mol. The van der Waals surface area contributed by atoms with Crippen LogP contribution in [-0.4, -0.2) is 61.0 Å². The number of carbonyl (C=O) groups excluding carboxylic acids is 1. The lowest BCUT2D eigenvalue weighted by Crippen LogP contribution is -2.60. The Hall–Kier alpha value is -0.770. The summed E-state index contributed by atoms with van der Waals surface area (Å²) in [6.07, 6.45) is -2.19. The highest BCUT2D eigenvalue weighted by atomic mass is 35.5. The molecule has 3 rings (SSSR count). The molecule has 1 aromatic carbocycles. The lowest BCUT2D eigenvalue weighted by Gasteiger charge is -2.43. The fourth-order valence-electron chi connectivity index (χ4n) is 2.46. The molecule has 6 nitrogen and oxygen atoms in total. The van der Waals surface area contributed by atoms with E-state index in [0.29, 0.717) is 15.9 Å². The average Bonchev–Trinajstić information content (AvgIpc) is 2.53. The number of fused-ring (bicyclic) bond motifs is 1. The molecule has 0 spiro atoms. The molecule has 0 unspecified atom stereocenters. The van der Waals surface area contributed by atoms with Crippen LogP contribution in [0.25, 0.3) is 0 Å². The molecule has 2 heterocycles. The molecule has 2 fully saturated rings. The van der Waals surface area contributed by atoms with Gasteiger partial charge in [-0.25, -0.2) is 4.99 Å². The van der Waals surface area contributed by atoms with Crippen LogP contribution in [0.15, 0.2) is 29.3 Å². The Bertz CT molecular complexity index is 628. The van der Waals surface area contributed by atoms with Gasteiger partial charge in [0.1, 0.15) is 0 Å². The molecular formula is C14H15ClN2O4S2. The molecule has 0 aliphatic carbocycles. The van der Waals surface area contributed by atoms with Crippen molar-refractivity contribution < 1.29 is 20.1 Å². The van der Waals surface area contributed by atoms with Gasteiger partial charge >= 0.3 is 0 Å². The van der Waals surface area contributed by atoms with Crippen molar-refractivity contribution in [2.45, 2.75) is 28.0 Å². The van der Waals surface area contributed by atoms with Gasteiger partial charge in [-0.1, -0.05) is 23.4 Å². The Morgan fingerprint density at radius 2 is 1.91 bits per heavy atom. The van der Waals surface area contributed by atoms with Gasteiger partial charge in [0, 0.05) is 5.02 Å². The van der Waals surface area contributed by atoms with Crippen molar-refractivity contribution in [1.82, 2.24) is 5.32 Å². The van der Waals surface area contributed by atoms with Crippen molar-refractivity contribution in [1.29, 1.82) is 0 Å². The molecule has 9 heteroatoms. The average molecular weight is 375 g/mol. The number of hydrogen-bond donors (Lipinski definition) is 4. The van der Waals surface area contributed by atoms with Crippen LogP contribution in [0, 0.1) is 0 Å². The Morgan fingerprint density at radius 1 is 1.22 bits per heavy atom. The van der Waals surface area contributed by atoms with Crippen molar-refractivity contribution in [3.63, 3.8) is 0 Å². The highest BCUT2D eigenvalue weighted by Gasteiger charge is 2.50. The summed E-state index contributed by atoms with van der Waals surface area (Å²) < 4.78 is 0. The number of carbonyl (C=O) groups is 1. The zero-order valence-corrected chi connectivity index (χ0v) is 14.2. The first kappa shape index (κ1) is 17.1. The van der Waals surface area contributed by atoms with E-state index in [-0.39, 0.29) is 12.5 Å². The Labute approximate surface area is 146 Å². The third-order valence-corrected chi connectivity index (χ3v) is 6.90. The van der Waals surface area contributed by atoms with Gasteiger partial charge in [0.05, 0.1) is 40.3 Å². The number of nitrogens with zero attached hydrogens (tertiary/aromatic N) is 1. The molecule has 2 saturated heterocycles. The molecule has 23 heavy (non-hydrogen) atoms. The van der Waals surface area contributed by atoms with Crippen LogP contribution in [0.5, 0.6) is 0 Å². The predicted octanol–water partition coefficient (Wildman–Crippen LogP) is 0.757. The van der Waals surface area contributed by atoms with Crippen LogP contribution < -0.4 is 5.32 Å². The Balaban J connectivity index is 1.82. The van der Waals surface area contributed by atoms with Crippen molar-refractivity contribution in [3.05, 3.63) is 29.3 Å². The SMILES string of the molecule is O=C1NC(=Nc2ccc(Cl)cc2)S[C@H]2[C@@H](O)[C@H](O)[C@@H](CO)S[C@@H]12. The van der Waals surface area contributed by atoms with Gasteiger partial charge < -0.3 is 20.6 Å². The van der Waals surface area contributed by atoms with Crippen LogP contribution >= 0.6 is 35.1 Å². The quantitative estimate of drug-likeness (QED) is 0.609. The van der Waals surface area contributed by atoms with E-state index in [1.165, 1.54) is 23.5 Å². The monoisotopic (exact) mass is 374 g/mol. The second-order valence-corrected chi connectivity index (χ2v) is 8.21. The fourth-order valence-corrected chi connectivity index (χ4v) is 5.35. The molecule has 124 valence electrons. The number of amidine groups is 1. The first-order chi connectivity index (χ1) is 11.0. The largest absolute Gasteiger partial charge is 0.395 e. The number of thioether (sulfide) groups is 2. The van der Waals surface area contributed by atoms with E-state index in [9.17, 15) is 20.1 Å². The van der Waals surface area contributed by atoms with Gasteiger partial charge in [-0.15, -0.1) is 11.8 Å². The normalized spacial score (nSPS) is 35.7. The van der Waals surface area contributed by atoms with Crippen molar-refractivity contribution in [3.8, 4) is 0 Å². The van der Waals surface area contributed by atoms with E-state index in [0.717, 1.165) is 0 Å². The van der Waals surface area contributed by atoms with Gasteiger partial charge in [0.15, 0.2) is 5.17 Å². The number of rotatable bonds is 2. The molecule has 0 radical (unpaired) electrons. The minimum atomic E-state index is -1.11. The van der Waals surface area contributed by atoms with Crippen molar-refractivity contribution in [2.75, 3.05) is 6.61 Å². The minimum Gasteiger partial charge on any atom is -0.395 e. The van der Waals surface area contributed by atoms with Gasteiger partial charge in [-0.2, -0.15) is 0 Å². The predicted molar refractivity (Wildman–Crippen MR) is 92.3 cm³/mol. The van der Waals surface area contributed by atoms with Gasteiger partial charge in [0.25, 0.3) is 0 Å². The van der Waals surface area contributed by atoms with E-state index in [1.807, 2.05) is 0 Å². The van der Waals surface area contributed by atoms with Gasteiger partial charge in [-0.3, -0.25) is 4.79 Å². The Kier molecular flexibility index (Phi) is 5.19. The van der Waals surface area contributed by atoms with Crippen LogP contribution in [-0.2, 0) is 4.79 Å². The standard InChI is InChI=1S/C14H15ClN2O4S2/c15-6-1-3-7(4-2-6)16-14-17-13(21)12-11(23-14)10(20)9(19)8(5-18)22-12/h1-4,8-12,18-20H,5H2,(H,16,17,21)/t8-,9-,10+,11+,12-/m1/s1. The molecule has 2 aliphatic rings. The smallest absolute Gasteiger partial charge is 0.240 e. The minimum absolute atomic E-state index is 0.282. The first-order valence-electron chi connectivity index (χ1n) is 6.94. The van der Waals surface area contributed by atoms with Crippen molar-refractivity contribution >= 4 is 51.9 Å². The van der Waals surface area contributed by atoms with Crippen LogP contribution in [0.4, 0.5) is 5.69 Å². The van der Waals surface area contributed by atoms with E-state index in [4.69, 9.17) is 11.6 Å². The maximum absolute atomic E-state index is 12.3. The van der Waals surface area contributed by atoms with Crippen molar-refractivity contribution in [2.24, 2.45) is 4.99 Å². The lowest BCUT2D eigenvalue weighted by molar-refractivity contribution is -0.120. The van der Waals surface area contributed by atoms with Crippen LogP contribution in [0.1, 0.15) is 0 Å². The topological polar surface area (TPSA) is 102 Å². The number of benzene rings is 1. The maximum atomic E-state index is 12.3. The maximum Gasteiger partial charge on any atom is 0.240 e. The van der Waals surface area contributed by atoms with E-state index in [2.05, 4.69) is 10.3 Å². The second kappa shape index (κ2) is 7.00. The number of nitrogens with one attached hydrogen (secondary N) is 1. The number of aliphatic hydroxyl groups is 3. The van der Waals surface area contributed by atoms with E-state index in [1.54, 1.807) is 24.3 Å². The summed E-state index contributed by atoms with van der Waals surface area (Å²) in [5, 5.41) is 31.6. The highest BCUT2D eigenvalue weighted by Crippen LogP contribution is 2.41. The number of aliphatic imine (C=N–C) groups is 1. The summed E-state index contributed by atoms with van der Waals surface area (Å²) in [5.41, 5.74) is 0.627. The fraction of sp³-hybridized carbons (Fsp3) is 0.429. The van der Waals surface area contributed by atoms with Gasteiger partial charge in [-0.05, 0) is 24.3 Å². The zero-order valence-electron chi connectivity index (χ0n) is 11.8. The molecule has 4 N–H and O–H groups in total. The summed E-state index contributed by atoms with van der Waals surface area (Å²) in [7, 11) is 0. The molecule has 1 amide bonds. The highest BCUT2D eigenvalue weighted by molar-refractivity contribution is 8.15. The summed E-state index contributed by atoms with van der Waals surface area (Å²) in [6.45, 7) is -0.296. The summed E-state index contributed by atoms with van der Waals surface area (Å²) >= 11 is 8.22. The van der Waals surface area contributed by atoms with Crippen LogP contribution in [0.2, 0.25) is 5.02 Å². The third kappa shape index (κ3) is 3.52. The molecule has 1 aromatic rings. The second-order valence-electron chi connectivity index (χ2n) is 5.22. The number of halogens is 1. The molecule has 0 bridgehead atoms. The molecule has 0 saturated carbocycles. The van der Waals surface area contributed by atoms with Gasteiger partial charge in [0.2, 0.25) is 5.91 Å². The molecule has 5 atom stereocenters. The van der Waals surface area contributed by atoms with E-state index < -0.39 is 28.0 Å².